The lowest BCUT2D eigenvalue weighted by molar-refractivity contribution is -0.140. The monoisotopic (exact) mass is 485 g/mol. The second-order valence-electron chi connectivity index (χ2n) is 8.67. The van der Waals surface area contributed by atoms with E-state index in [0.717, 1.165) is 13.1 Å². The maximum absolute atomic E-state index is 13.3. The van der Waals surface area contributed by atoms with Gasteiger partial charge in [0.1, 0.15) is 17.3 Å². The highest BCUT2D eigenvalue weighted by molar-refractivity contribution is 6.46. The molecule has 2 saturated heterocycles. The minimum atomic E-state index is -0.751. The summed E-state index contributed by atoms with van der Waals surface area (Å²) in [5, 5.41) is 11.2. The van der Waals surface area contributed by atoms with Gasteiger partial charge in [0.15, 0.2) is 0 Å². The molecular formula is C28H27N3O5. The van der Waals surface area contributed by atoms with Gasteiger partial charge in [-0.2, -0.15) is 0 Å². The normalized spacial score (nSPS) is 20.0. The number of ketones is 1. The van der Waals surface area contributed by atoms with E-state index in [1.54, 1.807) is 17.0 Å². The number of ether oxygens (including phenoxy) is 2. The van der Waals surface area contributed by atoms with Crippen LogP contribution >= 0.6 is 0 Å². The number of Topliss-reactive ketones (excluding diaryl/α,β-unsaturated/α-hetero) is 1. The number of aliphatic hydroxyl groups excluding tert-OH is 1. The lowest BCUT2D eigenvalue weighted by atomic mass is 9.95. The predicted molar refractivity (Wildman–Crippen MR) is 133 cm³/mol. The SMILES string of the molecule is O=C1C(=O)N(CCN2CCOCC2)C(c2cccc(Oc3ccccc3)c2)/C1=C(\O)c1ccncc1. The first-order chi connectivity index (χ1) is 17.6. The number of morpholine rings is 1. The van der Waals surface area contributed by atoms with Crippen LogP contribution in [-0.2, 0) is 14.3 Å². The Morgan fingerprint density at radius 3 is 2.42 bits per heavy atom. The van der Waals surface area contributed by atoms with Crippen LogP contribution < -0.4 is 4.74 Å². The van der Waals surface area contributed by atoms with Crippen molar-refractivity contribution in [2.24, 2.45) is 0 Å². The molecule has 1 N–H and O–H groups in total. The molecule has 184 valence electrons. The average molecular weight is 486 g/mol. The van der Waals surface area contributed by atoms with E-state index in [0.29, 0.717) is 48.9 Å². The molecule has 0 saturated carbocycles. The van der Waals surface area contributed by atoms with Crippen molar-refractivity contribution >= 4 is 17.4 Å². The zero-order valence-electron chi connectivity index (χ0n) is 19.7. The van der Waals surface area contributed by atoms with E-state index >= 15 is 0 Å². The Labute approximate surface area is 209 Å². The number of likely N-dealkylation sites (tertiary alicyclic amines) is 1. The Hall–Kier alpha value is -4.01. The Bertz CT molecular complexity index is 1260. The number of para-hydroxylation sites is 1. The van der Waals surface area contributed by atoms with Gasteiger partial charge in [0.2, 0.25) is 0 Å². The number of aromatic nitrogens is 1. The Morgan fingerprint density at radius 2 is 1.67 bits per heavy atom. The third-order valence-corrected chi connectivity index (χ3v) is 6.41. The molecule has 0 spiro atoms. The van der Waals surface area contributed by atoms with Gasteiger partial charge in [-0.25, -0.2) is 0 Å². The quantitative estimate of drug-likeness (QED) is 0.310. The first-order valence-electron chi connectivity index (χ1n) is 11.9. The van der Waals surface area contributed by atoms with Crippen LogP contribution in [0, 0.1) is 0 Å². The lowest BCUT2D eigenvalue weighted by Crippen LogP contribution is -2.42. The van der Waals surface area contributed by atoms with Crippen LogP contribution in [-0.4, -0.2) is 71.0 Å². The molecule has 5 rings (SSSR count). The summed E-state index contributed by atoms with van der Waals surface area (Å²) in [4.78, 5) is 34.2. The number of rotatable bonds is 7. The number of benzene rings is 2. The van der Waals surface area contributed by atoms with Crippen molar-refractivity contribution in [3.05, 3.63) is 95.8 Å². The molecule has 3 aromatic rings. The number of pyridine rings is 1. The van der Waals surface area contributed by atoms with Crippen LogP contribution in [0.4, 0.5) is 0 Å². The van der Waals surface area contributed by atoms with Crippen molar-refractivity contribution in [2.45, 2.75) is 6.04 Å². The predicted octanol–water partition coefficient (Wildman–Crippen LogP) is 3.63. The molecule has 2 aliphatic heterocycles. The third kappa shape index (κ3) is 5.00. The topological polar surface area (TPSA) is 92.2 Å². The summed E-state index contributed by atoms with van der Waals surface area (Å²) in [6, 6.07) is 19.1. The fraction of sp³-hybridized carbons (Fsp3) is 0.250. The highest BCUT2D eigenvalue weighted by Crippen LogP contribution is 2.40. The van der Waals surface area contributed by atoms with Crippen LogP contribution in [0.5, 0.6) is 11.5 Å². The summed E-state index contributed by atoms with van der Waals surface area (Å²) < 4.78 is 11.4. The fourth-order valence-electron chi connectivity index (χ4n) is 4.57. The molecule has 1 aromatic heterocycles. The van der Waals surface area contributed by atoms with Crippen LogP contribution in [0.15, 0.2) is 84.7 Å². The Kier molecular flexibility index (Phi) is 7.06. The maximum Gasteiger partial charge on any atom is 0.295 e. The molecule has 2 aliphatic rings. The van der Waals surface area contributed by atoms with Gasteiger partial charge in [-0.1, -0.05) is 30.3 Å². The van der Waals surface area contributed by atoms with Gasteiger partial charge >= 0.3 is 0 Å². The summed E-state index contributed by atoms with van der Waals surface area (Å²) in [6.45, 7) is 3.76. The summed E-state index contributed by atoms with van der Waals surface area (Å²) in [7, 11) is 0. The second-order valence-corrected chi connectivity index (χ2v) is 8.67. The van der Waals surface area contributed by atoms with Crippen molar-refractivity contribution < 1.29 is 24.2 Å². The fourth-order valence-corrected chi connectivity index (χ4v) is 4.57. The molecule has 3 heterocycles. The van der Waals surface area contributed by atoms with Gasteiger partial charge in [-0.3, -0.25) is 19.5 Å². The van der Waals surface area contributed by atoms with Gasteiger partial charge in [0.25, 0.3) is 11.7 Å². The molecule has 1 amide bonds. The van der Waals surface area contributed by atoms with E-state index < -0.39 is 17.7 Å². The van der Waals surface area contributed by atoms with Crippen LogP contribution in [0.1, 0.15) is 17.2 Å². The molecule has 0 bridgehead atoms. The first-order valence-corrected chi connectivity index (χ1v) is 11.9. The standard InChI is InChI=1S/C28H27N3O5/c32-26(20-9-11-29-12-10-20)24-25(21-5-4-8-23(19-21)36-22-6-2-1-3-7-22)31(28(34)27(24)33)14-13-30-15-17-35-18-16-30/h1-12,19,25,32H,13-18H2/b26-24+. The molecule has 1 unspecified atom stereocenters. The van der Waals surface area contributed by atoms with Gasteiger partial charge in [0.05, 0.1) is 24.8 Å². The van der Waals surface area contributed by atoms with E-state index in [4.69, 9.17) is 9.47 Å². The second kappa shape index (κ2) is 10.7. The van der Waals surface area contributed by atoms with Crippen molar-refractivity contribution in [1.82, 2.24) is 14.8 Å². The Balaban J connectivity index is 1.52. The Morgan fingerprint density at radius 1 is 0.944 bits per heavy atom. The van der Waals surface area contributed by atoms with Crippen LogP contribution in [0.3, 0.4) is 0 Å². The molecule has 8 nitrogen and oxygen atoms in total. The molecule has 2 fully saturated rings. The number of carbonyl (C=O) groups is 2. The summed E-state index contributed by atoms with van der Waals surface area (Å²) >= 11 is 0. The van der Waals surface area contributed by atoms with Crippen molar-refractivity contribution in [2.75, 3.05) is 39.4 Å². The molecule has 8 heteroatoms. The minimum absolute atomic E-state index is 0.0602. The number of hydrogen-bond donors (Lipinski definition) is 1. The number of hydrogen-bond acceptors (Lipinski definition) is 7. The van der Waals surface area contributed by atoms with Gasteiger partial charge in [0, 0.05) is 44.1 Å². The molecule has 2 aromatic carbocycles. The van der Waals surface area contributed by atoms with E-state index in [-0.39, 0.29) is 11.3 Å². The van der Waals surface area contributed by atoms with Crippen molar-refractivity contribution in [3.63, 3.8) is 0 Å². The third-order valence-electron chi connectivity index (χ3n) is 6.41. The molecule has 36 heavy (non-hydrogen) atoms. The smallest absolute Gasteiger partial charge is 0.295 e. The van der Waals surface area contributed by atoms with E-state index in [9.17, 15) is 14.7 Å². The van der Waals surface area contributed by atoms with Crippen molar-refractivity contribution in [1.29, 1.82) is 0 Å². The zero-order valence-corrected chi connectivity index (χ0v) is 19.7. The summed E-state index contributed by atoms with van der Waals surface area (Å²) in [5.74, 6) is -0.304. The van der Waals surface area contributed by atoms with Crippen LogP contribution in [0.2, 0.25) is 0 Å². The minimum Gasteiger partial charge on any atom is -0.507 e. The highest BCUT2D eigenvalue weighted by Gasteiger charge is 2.46. The maximum atomic E-state index is 13.3. The number of aliphatic hydroxyl groups is 1. The van der Waals surface area contributed by atoms with E-state index in [1.807, 2.05) is 54.6 Å². The molecule has 1 atom stereocenters. The first kappa shape index (κ1) is 23.7. The summed E-state index contributed by atoms with van der Waals surface area (Å²) in [5.41, 5.74) is 1.17. The van der Waals surface area contributed by atoms with Crippen molar-refractivity contribution in [3.8, 4) is 11.5 Å². The van der Waals surface area contributed by atoms with Gasteiger partial charge in [-0.15, -0.1) is 0 Å². The van der Waals surface area contributed by atoms with E-state index in [2.05, 4.69) is 9.88 Å². The zero-order chi connectivity index (χ0) is 24.9. The van der Waals surface area contributed by atoms with Crippen LogP contribution in [0.25, 0.3) is 5.76 Å². The highest BCUT2D eigenvalue weighted by atomic mass is 16.5. The molecular weight excluding hydrogens is 458 g/mol. The largest absolute Gasteiger partial charge is 0.507 e. The lowest BCUT2D eigenvalue weighted by Gasteiger charge is -2.31. The number of carbonyl (C=O) groups excluding carboxylic acids is 2. The van der Waals surface area contributed by atoms with E-state index in [1.165, 1.54) is 12.4 Å². The number of amides is 1. The molecule has 0 radical (unpaired) electrons. The summed E-state index contributed by atoms with van der Waals surface area (Å²) in [6.07, 6.45) is 3.07. The molecule has 0 aliphatic carbocycles. The average Bonchev–Trinajstić information content (AvgIpc) is 3.18. The van der Waals surface area contributed by atoms with Gasteiger partial charge in [-0.05, 0) is 42.0 Å². The number of nitrogens with zero attached hydrogens (tertiary/aromatic N) is 3. The van der Waals surface area contributed by atoms with Gasteiger partial charge < -0.3 is 19.5 Å².